The van der Waals surface area contributed by atoms with E-state index in [1.54, 1.807) is 23.2 Å². The van der Waals surface area contributed by atoms with Crippen molar-refractivity contribution in [3.8, 4) is 10.8 Å². The van der Waals surface area contributed by atoms with Gasteiger partial charge in [0.25, 0.3) is 5.91 Å². The highest BCUT2D eigenvalue weighted by Gasteiger charge is 2.31. The molecular weight excluding hydrogens is 402 g/mol. The fourth-order valence-electron chi connectivity index (χ4n) is 3.90. The van der Waals surface area contributed by atoms with Crippen LogP contribution in [0.3, 0.4) is 0 Å². The summed E-state index contributed by atoms with van der Waals surface area (Å²) in [6.45, 7) is 6.37. The van der Waals surface area contributed by atoms with Gasteiger partial charge in [-0.1, -0.05) is 0 Å². The number of amides is 2. The summed E-state index contributed by atoms with van der Waals surface area (Å²) in [5.41, 5.74) is 7.10. The number of aromatic nitrogens is 4. The average molecular weight is 428 g/mol. The van der Waals surface area contributed by atoms with Crippen molar-refractivity contribution in [2.24, 2.45) is 5.92 Å². The van der Waals surface area contributed by atoms with Crippen LogP contribution in [-0.4, -0.2) is 67.4 Å². The quantitative estimate of drug-likeness (QED) is 0.668. The van der Waals surface area contributed by atoms with Crippen molar-refractivity contribution in [1.29, 1.82) is 0 Å². The van der Waals surface area contributed by atoms with E-state index in [0.29, 0.717) is 54.0 Å². The topological polar surface area (TPSA) is 110 Å². The first kappa shape index (κ1) is 20.3. The maximum Gasteiger partial charge on any atom is 0.254 e. The van der Waals surface area contributed by atoms with E-state index in [1.165, 1.54) is 15.9 Å². The minimum Gasteiger partial charge on any atom is -0.384 e. The number of anilines is 1. The Bertz CT molecular complexity index is 1060. The van der Waals surface area contributed by atoms with E-state index in [-0.39, 0.29) is 17.7 Å². The normalized spacial score (nSPS) is 16.7. The highest BCUT2D eigenvalue weighted by Crippen LogP contribution is 2.24. The number of hydrogen-bond acceptors (Lipinski definition) is 7. The van der Waals surface area contributed by atoms with Gasteiger partial charge in [-0.05, 0) is 38.8 Å². The Balaban J connectivity index is 1.57. The lowest BCUT2D eigenvalue weighted by Crippen LogP contribution is -2.46. The molecule has 0 aromatic carbocycles. The smallest absolute Gasteiger partial charge is 0.254 e. The number of nitrogen functional groups attached to an aromatic ring is 1. The third-order valence-corrected chi connectivity index (χ3v) is 6.24. The van der Waals surface area contributed by atoms with Gasteiger partial charge in [-0.25, -0.2) is 9.97 Å². The summed E-state index contributed by atoms with van der Waals surface area (Å²) < 4.78 is 1.51. The molecule has 4 heterocycles. The number of pyridine rings is 1. The number of carbonyl (C=O) groups is 2. The van der Waals surface area contributed by atoms with Crippen molar-refractivity contribution in [3.63, 3.8) is 0 Å². The number of nitrogens with two attached hydrogens (primary N) is 1. The molecule has 1 aliphatic heterocycles. The maximum atomic E-state index is 13.2. The van der Waals surface area contributed by atoms with Crippen LogP contribution in [0.1, 0.15) is 37.0 Å². The van der Waals surface area contributed by atoms with Crippen LogP contribution >= 0.6 is 11.3 Å². The van der Waals surface area contributed by atoms with Gasteiger partial charge in [0.2, 0.25) is 11.7 Å². The highest BCUT2D eigenvalue weighted by molar-refractivity contribution is 7.13. The van der Waals surface area contributed by atoms with E-state index < -0.39 is 0 Å². The van der Waals surface area contributed by atoms with E-state index >= 15 is 0 Å². The summed E-state index contributed by atoms with van der Waals surface area (Å²) in [6.07, 6.45) is 3.30. The lowest BCUT2D eigenvalue weighted by atomic mass is 9.96. The number of hydrogen-bond donors (Lipinski definition) is 1. The largest absolute Gasteiger partial charge is 0.384 e. The van der Waals surface area contributed by atoms with Gasteiger partial charge in [0.1, 0.15) is 5.82 Å². The molecule has 0 saturated carbocycles. The molecule has 0 spiro atoms. The number of fused-ring (bicyclic) bond motifs is 1. The van der Waals surface area contributed by atoms with Gasteiger partial charge in [0.05, 0.1) is 5.92 Å². The summed E-state index contributed by atoms with van der Waals surface area (Å²) >= 11 is 1.44. The fourth-order valence-corrected chi connectivity index (χ4v) is 4.46. The molecule has 1 unspecified atom stereocenters. The van der Waals surface area contributed by atoms with Crippen LogP contribution in [0.4, 0.5) is 5.82 Å². The molecule has 2 amide bonds. The summed E-state index contributed by atoms with van der Waals surface area (Å²) in [5, 5.41) is 6.94. The summed E-state index contributed by atoms with van der Waals surface area (Å²) in [4.78, 5) is 38.2. The molecule has 10 heteroatoms. The second-order valence-electron chi connectivity index (χ2n) is 7.31. The second kappa shape index (κ2) is 8.39. The van der Waals surface area contributed by atoms with E-state index in [2.05, 4.69) is 15.1 Å². The lowest BCUT2D eigenvalue weighted by Gasteiger charge is -2.34. The molecule has 1 aliphatic rings. The molecule has 1 saturated heterocycles. The third kappa shape index (κ3) is 3.74. The van der Waals surface area contributed by atoms with Gasteiger partial charge in [-0.15, -0.1) is 16.4 Å². The molecule has 4 rings (SSSR count). The minimum atomic E-state index is -0.159. The minimum absolute atomic E-state index is 0.123. The van der Waals surface area contributed by atoms with Gasteiger partial charge in [-0.3, -0.25) is 9.59 Å². The van der Waals surface area contributed by atoms with Crippen molar-refractivity contribution < 1.29 is 9.59 Å². The van der Waals surface area contributed by atoms with E-state index in [4.69, 9.17) is 5.73 Å². The van der Waals surface area contributed by atoms with E-state index in [1.807, 2.05) is 24.1 Å². The molecule has 0 radical (unpaired) electrons. The Morgan fingerprint density at radius 1 is 1.30 bits per heavy atom. The number of nitrogens with zero attached hydrogens (tertiary/aromatic N) is 6. The van der Waals surface area contributed by atoms with Crippen LogP contribution in [0, 0.1) is 5.92 Å². The van der Waals surface area contributed by atoms with Crippen LogP contribution in [-0.2, 0) is 4.79 Å². The first-order valence-electron chi connectivity index (χ1n) is 10.2. The molecule has 3 aromatic rings. The molecule has 3 aromatic heterocycles. The summed E-state index contributed by atoms with van der Waals surface area (Å²) in [7, 11) is 0. The van der Waals surface area contributed by atoms with Crippen LogP contribution in [0.25, 0.3) is 16.5 Å². The monoisotopic (exact) mass is 427 g/mol. The number of piperidine rings is 1. The first-order valence-corrected chi connectivity index (χ1v) is 11.0. The van der Waals surface area contributed by atoms with Gasteiger partial charge < -0.3 is 15.5 Å². The molecule has 2 N–H and O–H groups in total. The molecule has 158 valence electrons. The summed E-state index contributed by atoms with van der Waals surface area (Å²) in [5.74, 6) is 0.634. The molecule has 30 heavy (non-hydrogen) atoms. The van der Waals surface area contributed by atoms with Crippen molar-refractivity contribution in [3.05, 3.63) is 29.3 Å². The number of likely N-dealkylation sites (tertiary alicyclic amines) is 1. The van der Waals surface area contributed by atoms with Gasteiger partial charge >= 0.3 is 0 Å². The van der Waals surface area contributed by atoms with Crippen LogP contribution in [0.5, 0.6) is 0 Å². The molecule has 1 atom stereocenters. The number of rotatable bonds is 5. The predicted octanol–water partition coefficient (Wildman–Crippen LogP) is 2.16. The maximum absolute atomic E-state index is 13.2. The zero-order chi connectivity index (χ0) is 21.3. The van der Waals surface area contributed by atoms with Crippen molar-refractivity contribution >= 4 is 34.6 Å². The molecule has 0 aliphatic carbocycles. The number of thiazole rings is 1. The fraction of sp³-hybridized carbons (Fsp3) is 0.450. The molecule has 1 fully saturated rings. The highest BCUT2D eigenvalue weighted by atomic mass is 32.1. The van der Waals surface area contributed by atoms with Gasteiger partial charge in [0, 0.05) is 43.3 Å². The van der Waals surface area contributed by atoms with Crippen LogP contribution in [0.15, 0.2) is 23.7 Å². The van der Waals surface area contributed by atoms with Crippen LogP contribution < -0.4 is 5.73 Å². The Labute approximate surface area is 178 Å². The van der Waals surface area contributed by atoms with Crippen molar-refractivity contribution in [2.75, 3.05) is 31.9 Å². The Hall–Kier alpha value is -3.01. The zero-order valence-electron chi connectivity index (χ0n) is 17.1. The molecule has 9 nitrogen and oxygen atoms in total. The zero-order valence-corrected chi connectivity index (χ0v) is 17.9. The number of carbonyl (C=O) groups excluding carboxylic acids is 2. The third-order valence-electron chi connectivity index (χ3n) is 5.47. The van der Waals surface area contributed by atoms with E-state index in [0.717, 1.165) is 12.8 Å². The Morgan fingerprint density at radius 3 is 2.80 bits per heavy atom. The van der Waals surface area contributed by atoms with Crippen molar-refractivity contribution in [2.45, 2.75) is 26.7 Å². The van der Waals surface area contributed by atoms with E-state index in [9.17, 15) is 9.59 Å². The second-order valence-corrected chi connectivity index (χ2v) is 8.21. The lowest BCUT2D eigenvalue weighted by molar-refractivity contribution is -0.136. The van der Waals surface area contributed by atoms with Gasteiger partial charge in [-0.2, -0.15) is 4.52 Å². The Morgan fingerprint density at radius 2 is 2.10 bits per heavy atom. The van der Waals surface area contributed by atoms with Crippen molar-refractivity contribution in [1.82, 2.24) is 29.4 Å². The average Bonchev–Trinajstić information content (AvgIpc) is 3.44. The summed E-state index contributed by atoms with van der Waals surface area (Å²) in [6, 6.07) is 3.31. The molecule has 0 bridgehead atoms. The predicted molar refractivity (Wildman–Crippen MR) is 115 cm³/mol. The SMILES string of the molecule is CCN(CC)C(=O)C1CCCN(C(=O)c2cc(N)n3nc(-c4nccs4)nc3c2)C1. The Kier molecular flexibility index (Phi) is 5.67. The van der Waals surface area contributed by atoms with Gasteiger partial charge in [0.15, 0.2) is 10.7 Å². The van der Waals surface area contributed by atoms with Crippen LogP contribution in [0.2, 0.25) is 0 Å². The standard InChI is InChI=1S/C20H25N7O2S/c1-3-25(4-2)19(28)13-6-5-8-26(12-13)20(29)14-10-15(21)27-16(11-14)23-17(24-27)18-22-7-9-30-18/h7,9-11,13H,3-6,8,12,21H2,1-2H3. The molecular formula is C20H25N7O2S. The first-order chi connectivity index (χ1) is 14.5.